The topological polar surface area (TPSA) is 12.0 Å². The monoisotopic (exact) mass is 269 g/mol. The molecule has 0 aliphatic carbocycles. The van der Waals surface area contributed by atoms with Gasteiger partial charge in [0, 0.05) is 0 Å². The molecular formula is C10H15NSn. The van der Waals surface area contributed by atoms with Gasteiger partial charge in [-0.3, -0.25) is 0 Å². The van der Waals surface area contributed by atoms with Crippen LogP contribution in [-0.4, -0.2) is 36.1 Å². The van der Waals surface area contributed by atoms with Crippen molar-refractivity contribution in [3.05, 3.63) is 35.9 Å². The zero-order valence-electron chi connectivity index (χ0n) is 7.46. The second kappa shape index (κ2) is 5.59. The summed E-state index contributed by atoms with van der Waals surface area (Å²) in [4.78, 5) is 0. The van der Waals surface area contributed by atoms with Gasteiger partial charge in [-0.2, -0.15) is 0 Å². The van der Waals surface area contributed by atoms with E-state index < -0.39 is 0 Å². The van der Waals surface area contributed by atoms with E-state index in [1.807, 2.05) is 7.05 Å². The van der Waals surface area contributed by atoms with Crippen molar-refractivity contribution in [2.45, 2.75) is 10.4 Å². The number of benzene rings is 1. The number of hydrogen-bond donors (Lipinski definition) is 1. The summed E-state index contributed by atoms with van der Waals surface area (Å²) in [5, 5.41) is 3.24. The predicted octanol–water partition coefficient (Wildman–Crippen LogP) is 1.31. The van der Waals surface area contributed by atoms with E-state index in [4.69, 9.17) is 0 Å². The Bertz CT molecular complexity index is 210. The molecule has 2 radical (unpaired) electrons. The standard InChI is InChI=1S/C10H14N.Sn.H/c1-9(8-11-2)10-6-4-3-5-7-10;;/h3-7,9,11H,1,8H2,2H3;;. The molecule has 0 aliphatic heterocycles. The molecule has 1 aromatic carbocycles. The van der Waals surface area contributed by atoms with E-state index in [1.54, 1.807) is 0 Å². The van der Waals surface area contributed by atoms with Gasteiger partial charge in [0.25, 0.3) is 0 Å². The van der Waals surface area contributed by atoms with Crippen molar-refractivity contribution < 1.29 is 0 Å². The van der Waals surface area contributed by atoms with Crippen molar-refractivity contribution in [3.8, 4) is 0 Å². The quantitative estimate of drug-likeness (QED) is 0.812. The molecule has 0 heterocycles. The first-order valence-electron chi connectivity index (χ1n) is 4.28. The number of rotatable bonds is 4. The van der Waals surface area contributed by atoms with E-state index in [9.17, 15) is 0 Å². The van der Waals surface area contributed by atoms with E-state index in [-0.39, 0.29) is 0 Å². The first kappa shape index (κ1) is 10.1. The van der Waals surface area contributed by atoms with Crippen LogP contribution in [-0.2, 0) is 0 Å². The van der Waals surface area contributed by atoms with E-state index in [0.717, 1.165) is 12.5 Å². The Morgan fingerprint density at radius 1 is 1.33 bits per heavy atom. The van der Waals surface area contributed by atoms with Crippen LogP contribution in [0.1, 0.15) is 11.5 Å². The second-order valence-electron chi connectivity index (χ2n) is 2.90. The Labute approximate surface area is 87.6 Å². The third-order valence-corrected chi connectivity index (χ3v) is 3.63. The molecule has 0 spiro atoms. The normalized spacial score (nSPS) is 12.8. The van der Waals surface area contributed by atoms with Crippen LogP contribution in [0.2, 0.25) is 4.44 Å². The fourth-order valence-corrected chi connectivity index (χ4v) is 2.56. The Morgan fingerprint density at radius 2 is 2.00 bits per heavy atom. The van der Waals surface area contributed by atoms with Crippen LogP contribution in [0.25, 0.3) is 0 Å². The number of nitrogens with one attached hydrogen (secondary N) is 1. The molecule has 64 valence electrons. The predicted molar refractivity (Wildman–Crippen MR) is 55.1 cm³/mol. The van der Waals surface area contributed by atoms with Gasteiger partial charge in [0.2, 0.25) is 0 Å². The Morgan fingerprint density at radius 3 is 2.50 bits per heavy atom. The molecule has 1 aromatic rings. The summed E-state index contributed by atoms with van der Waals surface area (Å²) < 4.78 is 1.33. The van der Waals surface area contributed by atoms with Crippen molar-refractivity contribution in [1.82, 2.24) is 5.32 Å². The van der Waals surface area contributed by atoms with E-state index in [2.05, 4.69) is 35.6 Å². The third-order valence-electron chi connectivity index (χ3n) is 2.01. The van der Waals surface area contributed by atoms with Gasteiger partial charge in [-0.15, -0.1) is 0 Å². The van der Waals surface area contributed by atoms with Gasteiger partial charge in [0.05, 0.1) is 0 Å². The van der Waals surface area contributed by atoms with Gasteiger partial charge in [0.1, 0.15) is 0 Å². The summed E-state index contributed by atoms with van der Waals surface area (Å²) in [5.74, 6) is 0.721. The first-order valence-corrected chi connectivity index (χ1v) is 6.61. The van der Waals surface area contributed by atoms with Crippen LogP contribution in [0.15, 0.2) is 30.3 Å². The average Bonchev–Trinajstić information content (AvgIpc) is 2.15. The summed E-state index contributed by atoms with van der Waals surface area (Å²) >= 11 is 1.34. The summed E-state index contributed by atoms with van der Waals surface area (Å²) in [7, 11) is 2.02. The van der Waals surface area contributed by atoms with Crippen molar-refractivity contribution in [3.63, 3.8) is 0 Å². The van der Waals surface area contributed by atoms with Gasteiger partial charge in [-0.1, -0.05) is 0 Å². The minimum absolute atomic E-state index is 0.721. The molecule has 0 bridgehead atoms. The number of hydrogen-bond acceptors (Lipinski definition) is 1. The molecule has 1 nitrogen and oxygen atoms in total. The molecule has 0 saturated carbocycles. The van der Waals surface area contributed by atoms with Crippen molar-refractivity contribution in [1.29, 1.82) is 0 Å². The van der Waals surface area contributed by atoms with Crippen LogP contribution in [0, 0.1) is 0 Å². The third kappa shape index (κ3) is 2.79. The van der Waals surface area contributed by atoms with Crippen molar-refractivity contribution in [2.24, 2.45) is 0 Å². The van der Waals surface area contributed by atoms with E-state index in [0.29, 0.717) is 0 Å². The fourth-order valence-electron chi connectivity index (χ4n) is 1.31. The molecule has 1 atom stereocenters. The molecule has 0 amide bonds. The summed E-state index contributed by atoms with van der Waals surface area (Å²) in [6, 6.07) is 10.8. The van der Waals surface area contributed by atoms with Gasteiger partial charge in [-0.05, 0) is 0 Å². The van der Waals surface area contributed by atoms with Crippen LogP contribution in [0.5, 0.6) is 0 Å². The Kier molecular flexibility index (Phi) is 4.69. The van der Waals surface area contributed by atoms with Crippen molar-refractivity contribution in [2.75, 3.05) is 13.6 Å². The van der Waals surface area contributed by atoms with Gasteiger partial charge >= 0.3 is 87.7 Å². The van der Waals surface area contributed by atoms with E-state index >= 15 is 0 Å². The average molecular weight is 268 g/mol. The molecule has 0 fully saturated rings. The van der Waals surface area contributed by atoms with Gasteiger partial charge in [-0.25, -0.2) is 0 Å². The van der Waals surface area contributed by atoms with Crippen molar-refractivity contribution >= 4 is 22.5 Å². The zero-order chi connectivity index (χ0) is 8.81. The SMILES string of the molecule is CNCC([CH2][SnH])c1ccccc1. The Hall–Kier alpha value is -0.0213. The van der Waals surface area contributed by atoms with Gasteiger partial charge in [0.15, 0.2) is 0 Å². The summed E-state index contributed by atoms with van der Waals surface area (Å²) in [6.45, 7) is 1.10. The molecule has 0 saturated heterocycles. The first-order chi connectivity index (χ1) is 5.88. The van der Waals surface area contributed by atoms with Crippen LogP contribution < -0.4 is 5.32 Å². The summed E-state index contributed by atoms with van der Waals surface area (Å²) in [5.41, 5.74) is 1.47. The Balaban J connectivity index is 2.66. The van der Waals surface area contributed by atoms with Gasteiger partial charge < -0.3 is 0 Å². The molecule has 1 unspecified atom stereocenters. The minimum atomic E-state index is 0.721. The van der Waals surface area contributed by atoms with Crippen LogP contribution >= 0.6 is 0 Å². The van der Waals surface area contributed by atoms with Crippen LogP contribution in [0.4, 0.5) is 0 Å². The molecule has 2 heteroatoms. The molecular weight excluding hydrogens is 253 g/mol. The maximum absolute atomic E-state index is 3.24. The molecule has 1 rings (SSSR count). The fraction of sp³-hybridized carbons (Fsp3) is 0.400. The maximum atomic E-state index is 3.24. The summed E-state index contributed by atoms with van der Waals surface area (Å²) in [6.07, 6.45) is 0. The molecule has 0 aromatic heterocycles. The molecule has 0 aliphatic rings. The number of likely N-dealkylation sites (N-methyl/N-ethyl adjacent to an activating group) is 1. The van der Waals surface area contributed by atoms with E-state index in [1.165, 1.54) is 32.5 Å². The zero-order valence-corrected chi connectivity index (χ0v) is 10.8. The molecule has 12 heavy (non-hydrogen) atoms. The van der Waals surface area contributed by atoms with Crippen LogP contribution in [0.3, 0.4) is 0 Å². The second-order valence-corrected chi connectivity index (χ2v) is 4.25. The molecule has 1 N–H and O–H groups in total.